The quantitative estimate of drug-likeness (QED) is 0.903. The van der Waals surface area contributed by atoms with Gasteiger partial charge in [0.25, 0.3) is 5.91 Å². The first-order chi connectivity index (χ1) is 10.1. The van der Waals surface area contributed by atoms with Gasteiger partial charge in [0.2, 0.25) is 0 Å². The van der Waals surface area contributed by atoms with Crippen molar-refractivity contribution >= 4 is 11.6 Å². The number of hydrogen-bond donors (Lipinski definition) is 1. The van der Waals surface area contributed by atoms with Crippen LogP contribution >= 0.6 is 0 Å². The largest absolute Gasteiger partial charge is 0.397 e. The molecule has 0 bridgehead atoms. The number of nitrogens with two attached hydrogens (primary N) is 1. The van der Waals surface area contributed by atoms with Gasteiger partial charge in [-0.15, -0.1) is 0 Å². The molecule has 1 fully saturated rings. The average molecular weight is 292 g/mol. The van der Waals surface area contributed by atoms with E-state index in [9.17, 15) is 4.79 Å². The highest BCUT2D eigenvalue weighted by molar-refractivity contribution is 5.93. The van der Waals surface area contributed by atoms with Gasteiger partial charge in [0.15, 0.2) is 0 Å². The molecule has 21 heavy (non-hydrogen) atoms. The highest BCUT2D eigenvalue weighted by Gasteiger charge is 2.26. The Morgan fingerprint density at radius 1 is 1.38 bits per heavy atom. The van der Waals surface area contributed by atoms with Gasteiger partial charge in [-0.1, -0.05) is 13.8 Å². The molecule has 1 aromatic heterocycles. The van der Waals surface area contributed by atoms with Gasteiger partial charge < -0.3 is 20.1 Å². The predicted molar refractivity (Wildman–Crippen MR) is 86.4 cm³/mol. The number of anilines is 1. The van der Waals surface area contributed by atoms with Crippen molar-refractivity contribution in [3.05, 3.63) is 18.0 Å². The summed E-state index contributed by atoms with van der Waals surface area (Å²) in [5.74, 6) is 0.0927. The Morgan fingerprint density at radius 3 is 2.62 bits per heavy atom. The van der Waals surface area contributed by atoms with Gasteiger partial charge in [-0.05, 0) is 31.9 Å². The number of hydrogen-bond acceptors (Lipinski definition) is 3. The Labute approximate surface area is 127 Å². The van der Waals surface area contributed by atoms with E-state index in [1.165, 1.54) is 0 Å². The Balaban J connectivity index is 2.05. The summed E-state index contributed by atoms with van der Waals surface area (Å²) in [6.45, 7) is 8.39. The summed E-state index contributed by atoms with van der Waals surface area (Å²) in [4.78, 5) is 17.1. The van der Waals surface area contributed by atoms with Crippen LogP contribution in [0.5, 0.6) is 0 Å². The molecule has 0 aromatic carbocycles. The molecule has 2 N–H and O–H groups in total. The molecule has 2 rings (SSSR count). The standard InChI is InChI=1S/C16H28N4O/c1-4-8-20-12-13(17)11-15(20)16(21)18(3)14-6-9-19(5-2)10-7-14/h11-12,14H,4-10,17H2,1-3H3. The van der Waals surface area contributed by atoms with E-state index in [1.54, 1.807) is 6.07 Å². The summed E-state index contributed by atoms with van der Waals surface area (Å²) in [6, 6.07) is 2.14. The van der Waals surface area contributed by atoms with Crippen molar-refractivity contribution in [3.63, 3.8) is 0 Å². The third kappa shape index (κ3) is 3.59. The molecule has 0 unspecified atom stereocenters. The van der Waals surface area contributed by atoms with E-state index < -0.39 is 0 Å². The molecular weight excluding hydrogens is 264 g/mol. The lowest BCUT2D eigenvalue weighted by Crippen LogP contribution is -2.45. The van der Waals surface area contributed by atoms with E-state index in [2.05, 4.69) is 18.7 Å². The number of nitrogen functional groups attached to an aromatic ring is 1. The third-order valence-corrected chi connectivity index (χ3v) is 4.47. The number of amides is 1. The van der Waals surface area contributed by atoms with Crippen LogP contribution in [0.1, 0.15) is 43.6 Å². The normalized spacial score (nSPS) is 17.1. The zero-order chi connectivity index (χ0) is 15.4. The monoisotopic (exact) mass is 292 g/mol. The van der Waals surface area contributed by atoms with Crippen LogP contribution in [-0.4, -0.2) is 53.0 Å². The minimum Gasteiger partial charge on any atom is -0.397 e. The van der Waals surface area contributed by atoms with Crippen molar-refractivity contribution in [1.29, 1.82) is 0 Å². The number of aryl methyl sites for hydroxylation is 1. The number of piperidine rings is 1. The molecular formula is C16H28N4O. The molecule has 1 aliphatic heterocycles. The van der Waals surface area contributed by atoms with Crippen LogP contribution in [0, 0.1) is 0 Å². The fourth-order valence-corrected chi connectivity index (χ4v) is 3.11. The summed E-state index contributed by atoms with van der Waals surface area (Å²) < 4.78 is 1.98. The Morgan fingerprint density at radius 2 is 2.05 bits per heavy atom. The molecule has 1 aliphatic rings. The van der Waals surface area contributed by atoms with Crippen LogP contribution in [0.3, 0.4) is 0 Å². The van der Waals surface area contributed by atoms with Gasteiger partial charge in [0.05, 0.1) is 5.69 Å². The lowest BCUT2D eigenvalue weighted by molar-refractivity contribution is 0.0636. The summed E-state index contributed by atoms with van der Waals surface area (Å²) in [5, 5.41) is 0. The minimum absolute atomic E-state index is 0.0927. The first-order valence-corrected chi connectivity index (χ1v) is 8.02. The number of carbonyl (C=O) groups excluding carboxylic acids is 1. The van der Waals surface area contributed by atoms with Crippen LogP contribution in [-0.2, 0) is 6.54 Å². The van der Waals surface area contributed by atoms with Crippen molar-refractivity contribution in [2.75, 3.05) is 32.4 Å². The number of likely N-dealkylation sites (tertiary alicyclic amines) is 1. The maximum absolute atomic E-state index is 12.7. The predicted octanol–water partition coefficient (Wildman–Crippen LogP) is 2.04. The molecule has 0 atom stereocenters. The first kappa shape index (κ1) is 15.9. The van der Waals surface area contributed by atoms with Gasteiger partial charge in [-0.3, -0.25) is 4.79 Å². The van der Waals surface area contributed by atoms with Crippen molar-refractivity contribution in [2.45, 2.75) is 45.7 Å². The second-order valence-corrected chi connectivity index (χ2v) is 5.93. The molecule has 0 saturated carbocycles. The lowest BCUT2D eigenvalue weighted by Gasteiger charge is -2.36. The van der Waals surface area contributed by atoms with Crippen LogP contribution in [0.25, 0.3) is 0 Å². The van der Waals surface area contributed by atoms with E-state index in [4.69, 9.17) is 5.73 Å². The minimum atomic E-state index is 0.0927. The molecule has 0 radical (unpaired) electrons. The second kappa shape index (κ2) is 6.98. The number of carbonyl (C=O) groups is 1. The van der Waals surface area contributed by atoms with E-state index in [0.29, 0.717) is 11.7 Å². The van der Waals surface area contributed by atoms with Gasteiger partial charge in [-0.25, -0.2) is 0 Å². The summed E-state index contributed by atoms with van der Waals surface area (Å²) in [5.41, 5.74) is 7.25. The topological polar surface area (TPSA) is 54.5 Å². The second-order valence-electron chi connectivity index (χ2n) is 5.93. The van der Waals surface area contributed by atoms with E-state index in [1.807, 2.05) is 22.7 Å². The first-order valence-electron chi connectivity index (χ1n) is 8.02. The average Bonchev–Trinajstić information content (AvgIpc) is 2.87. The van der Waals surface area contributed by atoms with Crippen molar-refractivity contribution in [1.82, 2.24) is 14.4 Å². The van der Waals surface area contributed by atoms with Gasteiger partial charge in [0, 0.05) is 38.9 Å². The van der Waals surface area contributed by atoms with Crippen LogP contribution in [0.4, 0.5) is 5.69 Å². The van der Waals surface area contributed by atoms with E-state index >= 15 is 0 Å². The highest BCUT2D eigenvalue weighted by atomic mass is 16.2. The van der Waals surface area contributed by atoms with Gasteiger partial charge >= 0.3 is 0 Å². The molecule has 5 nitrogen and oxygen atoms in total. The van der Waals surface area contributed by atoms with Crippen molar-refractivity contribution in [2.24, 2.45) is 0 Å². The zero-order valence-electron chi connectivity index (χ0n) is 13.5. The van der Waals surface area contributed by atoms with Crippen LogP contribution in [0.15, 0.2) is 12.3 Å². The molecule has 118 valence electrons. The SMILES string of the molecule is CCCn1cc(N)cc1C(=O)N(C)C1CCN(CC)CC1. The third-order valence-electron chi connectivity index (χ3n) is 4.47. The number of aromatic nitrogens is 1. The van der Waals surface area contributed by atoms with E-state index in [0.717, 1.165) is 51.1 Å². The molecule has 1 saturated heterocycles. The fourth-order valence-electron chi connectivity index (χ4n) is 3.11. The van der Waals surface area contributed by atoms with Crippen molar-refractivity contribution < 1.29 is 4.79 Å². The van der Waals surface area contributed by atoms with Crippen LogP contribution in [0.2, 0.25) is 0 Å². The number of rotatable bonds is 5. The number of nitrogens with zero attached hydrogens (tertiary/aromatic N) is 3. The highest BCUT2D eigenvalue weighted by Crippen LogP contribution is 2.19. The molecule has 0 spiro atoms. The van der Waals surface area contributed by atoms with Crippen molar-refractivity contribution in [3.8, 4) is 0 Å². The molecule has 1 amide bonds. The van der Waals surface area contributed by atoms with Gasteiger partial charge in [-0.2, -0.15) is 0 Å². The zero-order valence-corrected chi connectivity index (χ0v) is 13.5. The maximum atomic E-state index is 12.7. The molecule has 0 aliphatic carbocycles. The fraction of sp³-hybridized carbons (Fsp3) is 0.688. The maximum Gasteiger partial charge on any atom is 0.270 e. The molecule has 5 heteroatoms. The summed E-state index contributed by atoms with van der Waals surface area (Å²) in [7, 11) is 1.92. The summed E-state index contributed by atoms with van der Waals surface area (Å²) >= 11 is 0. The van der Waals surface area contributed by atoms with Gasteiger partial charge in [0.1, 0.15) is 5.69 Å². The molecule has 1 aromatic rings. The lowest BCUT2D eigenvalue weighted by atomic mass is 10.0. The summed E-state index contributed by atoms with van der Waals surface area (Å²) in [6.07, 6.45) is 4.97. The Bertz CT molecular complexity index is 475. The van der Waals surface area contributed by atoms with Crippen LogP contribution < -0.4 is 5.73 Å². The van der Waals surface area contributed by atoms with E-state index in [-0.39, 0.29) is 5.91 Å². The Hall–Kier alpha value is -1.49. The Kier molecular flexibility index (Phi) is 5.28. The smallest absolute Gasteiger partial charge is 0.270 e. The molecule has 2 heterocycles.